The Labute approximate surface area is 408 Å². The highest BCUT2D eigenvalue weighted by Crippen LogP contribution is 2.15. The molecule has 66 heavy (non-hydrogen) atoms. The summed E-state index contributed by atoms with van der Waals surface area (Å²) < 4.78 is 16.7. The molecule has 0 spiro atoms. The number of ether oxygens (including phenoxy) is 3. The summed E-state index contributed by atoms with van der Waals surface area (Å²) in [5, 5.41) is 0. The Kier molecular flexibility index (Phi) is 51.9. The van der Waals surface area contributed by atoms with Crippen LogP contribution >= 0.6 is 0 Å². The average Bonchev–Trinajstić information content (AvgIpc) is 3.31. The van der Waals surface area contributed by atoms with E-state index in [1.54, 1.807) is 0 Å². The zero-order chi connectivity index (χ0) is 47.9. The van der Waals surface area contributed by atoms with Crippen LogP contribution in [-0.2, 0) is 28.6 Å². The standard InChI is InChI=1S/C60H104O6/c1-4-7-10-13-15-17-19-21-23-24-25-26-27-28-29-30-31-32-33-34-35-36-37-39-40-42-44-47-50-53-59(62)65-56-57(55-64-58(61)52-49-46-12-9-6-3)66-60(63)54-51-48-45-43-41-38-22-20-18-16-14-11-8-5-2/h7,10,15,17,20-23,25-26,28-29,57H,4-6,8-9,11-14,16,18-19,24,27,30-56H2,1-3H3/b10-7-,17-15-,22-20-,23-21-,26-25-,29-28-. The van der Waals surface area contributed by atoms with Gasteiger partial charge in [-0.2, -0.15) is 0 Å². The molecule has 0 aliphatic carbocycles. The Bertz CT molecular complexity index is 1240. The first-order chi connectivity index (χ1) is 32.5. The summed E-state index contributed by atoms with van der Waals surface area (Å²) in [6.07, 6.45) is 69.4. The first-order valence-electron chi connectivity index (χ1n) is 27.9. The molecule has 6 heteroatoms. The minimum atomic E-state index is -0.774. The van der Waals surface area contributed by atoms with E-state index in [9.17, 15) is 14.4 Å². The Balaban J connectivity index is 4.02. The topological polar surface area (TPSA) is 78.9 Å². The molecule has 0 amide bonds. The number of rotatable bonds is 50. The molecule has 0 saturated heterocycles. The summed E-state index contributed by atoms with van der Waals surface area (Å²) in [4.78, 5) is 37.7. The third kappa shape index (κ3) is 51.8. The van der Waals surface area contributed by atoms with Crippen LogP contribution in [0.15, 0.2) is 72.9 Å². The van der Waals surface area contributed by atoms with Crippen LogP contribution in [0.4, 0.5) is 0 Å². The summed E-state index contributed by atoms with van der Waals surface area (Å²) in [6, 6.07) is 0. The van der Waals surface area contributed by atoms with Gasteiger partial charge < -0.3 is 14.2 Å². The van der Waals surface area contributed by atoms with Gasteiger partial charge in [0, 0.05) is 19.3 Å². The van der Waals surface area contributed by atoms with Crippen molar-refractivity contribution in [2.45, 2.75) is 277 Å². The normalized spacial score (nSPS) is 12.6. The highest BCUT2D eigenvalue weighted by atomic mass is 16.6. The van der Waals surface area contributed by atoms with Crippen LogP contribution in [0.5, 0.6) is 0 Å². The zero-order valence-corrected chi connectivity index (χ0v) is 43.4. The van der Waals surface area contributed by atoms with Crippen molar-refractivity contribution in [1.29, 1.82) is 0 Å². The van der Waals surface area contributed by atoms with Gasteiger partial charge in [-0.1, -0.05) is 235 Å². The molecule has 0 aromatic carbocycles. The molecule has 0 aliphatic heterocycles. The summed E-state index contributed by atoms with van der Waals surface area (Å²) in [7, 11) is 0. The fourth-order valence-electron chi connectivity index (χ4n) is 7.76. The molecule has 380 valence electrons. The van der Waals surface area contributed by atoms with E-state index in [0.29, 0.717) is 19.3 Å². The van der Waals surface area contributed by atoms with Gasteiger partial charge >= 0.3 is 17.9 Å². The smallest absolute Gasteiger partial charge is 0.306 e. The van der Waals surface area contributed by atoms with Crippen molar-refractivity contribution in [3.05, 3.63) is 72.9 Å². The van der Waals surface area contributed by atoms with Crippen molar-refractivity contribution < 1.29 is 28.6 Å². The van der Waals surface area contributed by atoms with Crippen molar-refractivity contribution in [1.82, 2.24) is 0 Å². The highest BCUT2D eigenvalue weighted by Gasteiger charge is 2.19. The number of hydrogen-bond acceptors (Lipinski definition) is 6. The molecule has 0 aromatic rings. The van der Waals surface area contributed by atoms with Crippen LogP contribution in [0, 0.1) is 0 Å². The second-order valence-electron chi connectivity index (χ2n) is 18.5. The molecule has 0 heterocycles. The van der Waals surface area contributed by atoms with E-state index in [0.717, 1.165) is 109 Å². The maximum Gasteiger partial charge on any atom is 0.306 e. The second kappa shape index (κ2) is 54.5. The molecular formula is C60H104O6. The molecule has 0 aliphatic rings. The number of carbonyl (C=O) groups excluding carboxylic acids is 3. The van der Waals surface area contributed by atoms with Gasteiger partial charge in [0.2, 0.25) is 0 Å². The van der Waals surface area contributed by atoms with E-state index in [1.807, 2.05) is 0 Å². The van der Waals surface area contributed by atoms with Gasteiger partial charge in [-0.15, -0.1) is 0 Å². The van der Waals surface area contributed by atoms with Gasteiger partial charge in [-0.25, -0.2) is 0 Å². The van der Waals surface area contributed by atoms with Crippen LogP contribution in [0.3, 0.4) is 0 Å². The van der Waals surface area contributed by atoms with Gasteiger partial charge in [-0.3, -0.25) is 14.4 Å². The van der Waals surface area contributed by atoms with E-state index < -0.39 is 6.10 Å². The maximum absolute atomic E-state index is 12.7. The van der Waals surface area contributed by atoms with E-state index in [4.69, 9.17) is 14.2 Å². The van der Waals surface area contributed by atoms with Gasteiger partial charge in [-0.05, 0) is 89.9 Å². The van der Waals surface area contributed by atoms with Gasteiger partial charge in [0.1, 0.15) is 13.2 Å². The molecule has 0 bridgehead atoms. The second-order valence-corrected chi connectivity index (χ2v) is 18.5. The van der Waals surface area contributed by atoms with Crippen molar-refractivity contribution in [3.8, 4) is 0 Å². The fraction of sp³-hybridized carbons (Fsp3) is 0.750. The van der Waals surface area contributed by atoms with Crippen molar-refractivity contribution in [3.63, 3.8) is 0 Å². The zero-order valence-electron chi connectivity index (χ0n) is 43.4. The van der Waals surface area contributed by atoms with Crippen LogP contribution in [0.25, 0.3) is 0 Å². The van der Waals surface area contributed by atoms with Gasteiger partial charge in [0.25, 0.3) is 0 Å². The molecular weight excluding hydrogens is 817 g/mol. The predicted molar refractivity (Wildman–Crippen MR) is 284 cm³/mol. The lowest BCUT2D eigenvalue weighted by molar-refractivity contribution is -0.167. The van der Waals surface area contributed by atoms with Crippen LogP contribution in [-0.4, -0.2) is 37.2 Å². The summed E-state index contributed by atoms with van der Waals surface area (Å²) >= 11 is 0. The van der Waals surface area contributed by atoms with Gasteiger partial charge in [0.15, 0.2) is 6.10 Å². The molecule has 0 N–H and O–H groups in total. The van der Waals surface area contributed by atoms with E-state index in [-0.39, 0.29) is 31.1 Å². The van der Waals surface area contributed by atoms with Crippen LogP contribution in [0.1, 0.15) is 271 Å². The number of hydrogen-bond donors (Lipinski definition) is 0. The Morgan fingerprint density at radius 2 is 0.591 bits per heavy atom. The molecule has 0 fully saturated rings. The lowest BCUT2D eigenvalue weighted by atomic mass is 10.0. The average molecular weight is 921 g/mol. The molecule has 0 aromatic heterocycles. The number of unbranched alkanes of at least 4 members (excludes halogenated alkanes) is 27. The third-order valence-electron chi connectivity index (χ3n) is 11.9. The Morgan fingerprint density at radius 1 is 0.318 bits per heavy atom. The SMILES string of the molecule is CC/C=C\C/C=C\C/C=C\C/C=C\C/C=C\CCCCCCCCCCCCCCCC(=O)OCC(COC(=O)CCCCCCC)OC(=O)CCCCCCC/C=C\CCCCCCC. The fourth-order valence-corrected chi connectivity index (χ4v) is 7.76. The first-order valence-corrected chi connectivity index (χ1v) is 27.9. The number of carbonyl (C=O) groups is 3. The molecule has 1 atom stereocenters. The monoisotopic (exact) mass is 921 g/mol. The summed E-state index contributed by atoms with van der Waals surface area (Å²) in [5.74, 6) is -0.897. The summed E-state index contributed by atoms with van der Waals surface area (Å²) in [6.45, 7) is 6.43. The Morgan fingerprint density at radius 3 is 0.939 bits per heavy atom. The maximum atomic E-state index is 12.7. The lowest BCUT2D eigenvalue weighted by Crippen LogP contribution is -2.30. The Hall–Kier alpha value is -3.15. The minimum Gasteiger partial charge on any atom is -0.462 e. The first kappa shape index (κ1) is 62.8. The highest BCUT2D eigenvalue weighted by molar-refractivity contribution is 5.71. The summed E-state index contributed by atoms with van der Waals surface area (Å²) in [5.41, 5.74) is 0. The molecule has 0 saturated carbocycles. The number of allylic oxidation sites excluding steroid dienone is 12. The van der Waals surface area contributed by atoms with Gasteiger partial charge in [0.05, 0.1) is 0 Å². The molecule has 6 nitrogen and oxygen atoms in total. The van der Waals surface area contributed by atoms with Crippen molar-refractivity contribution in [2.75, 3.05) is 13.2 Å². The van der Waals surface area contributed by atoms with E-state index in [2.05, 4.69) is 93.7 Å². The molecule has 1 unspecified atom stereocenters. The lowest BCUT2D eigenvalue weighted by Gasteiger charge is -2.18. The third-order valence-corrected chi connectivity index (χ3v) is 11.9. The largest absolute Gasteiger partial charge is 0.462 e. The van der Waals surface area contributed by atoms with E-state index in [1.165, 1.54) is 122 Å². The van der Waals surface area contributed by atoms with Crippen LogP contribution < -0.4 is 0 Å². The quantitative estimate of drug-likeness (QED) is 0.0262. The van der Waals surface area contributed by atoms with E-state index >= 15 is 0 Å². The minimum absolute atomic E-state index is 0.0777. The molecule has 0 rings (SSSR count). The van der Waals surface area contributed by atoms with Crippen molar-refractivity contribution in [2.24, 2.45) is 0 Å². The van der Waals surface area contributed by atoms with Crippen molar-refractivity contribution >= 4 is 17.9 Å². The molecule has 0 radical (unpaired) electrons. The predicted octanol–water partition coefficient (Wildman–Crippen LogP) is 18.6. The number of esters is 3. The van der Waals surface area contributed by atoms with Crippen LogP contribution in [0.2, 0.25) is 0 Å².